The van der Waals surface area contributed by atoms with Gasteiger partial charge >= 0.3 is 0 Å². The van der Waals surface area contributed by atoms with Crippen molar-refractivity contribution >= 4 is 17.3 Å². The summed E-state index contributed by atoms with van der Waals surface area (Å²) in [5, 5.41) is 9.92. The van der Waals surface area contributed by atoms with Crippen molar-refractivity contribution < 1.29 is 0 Å². The molecule has 19 heavy (non-hydrogen) atoms. The zero-order valence-corrected chi connectivity index (χ0v) is 13.5. The van der Waals surface area contributed by atoms with Crippen LogP contribution in [-0.4, -0.2) is 30.1 Å². The molecule has 0 aliphatic carbocycles. The largest absolute Gasteiger partial charge is 0.357 e. The number of aromatic nitrogens is 1. The van der Waals surface area contributed by atoms with Crippen LogP contribution >= 0.6 is 11.3 Å². The summed E-state index contributed by atoms with van der Waals surface area (Å²) in [6.45, 7) is 12.3. The maximum absolute atomic E-state index is 4.62. The van der Waals surface area contributed by atoms with E-state index in [0.29, 0.717) is 12.0 Å². The van der Waals surface area contributed by atoms with Gasteiger partial charge in [-0.15, -0.1) is 11.3 Å². The van der Waals surface area contributed by atoms with Crippen molar-refractivity contribution in [3.05, 3.63) is 16.1 Å². The van der Waals surface area contributed by atoms with Crippen molar-refractivity contribution in [3.8, 4) is 0 Å². The summed E-state index contributed by atoms with van der Waals surface area (Å²) in [5.74, 6) is 1.40. The summed E-state index contributed by atoms with van der Waals surface area (Å²) >= 11 is 1.75. The van der Waals surface area contributed by atoms with Gasteiger partial charge in [-0.1, -0.05) is 13.8 Å². The minimum Gasteiger partial charge on any atom is -0.357 e. The lowest BCUT2D eigenvalue weighted by molar-refractivity contribution is 0.699. The number of hydrogen-bond acceptors (Lipinski definition) is 3. The van der Waals surface area contributed by atoms with E-state index in [1.54, 1.807) is 11.3 Å². The maximum atomic E-state index is 4.62. The summed E-state index contributed by atoms with van der Waals surface area (Å²) in [4.78, 5) is 9.18. The Morgan fingerprint density at radius 2 is 2.11 bits per heavy atom. The van der Waals surface area contributed by atoms with E-state index in [2.05, 4.69) is 60.6 Å². The van der Waals surface area contributed by atoms with Gasteiger partial charge in [0, 0.05) is 36.9 Å². The lowest BCUT2D eigenvalue weighted by Crippen LogP contribution is -2.41. The monoisotopic (exact) mass is 282 g/mol. The molecule has 0 spiro atoms. The van der Waals surface area contributed by atoms with Crippen molar-refractivity contribution in [1.82, 2.24) is 15.6 Å². The van der Waals surface area contributed by atoms with E-state index in [1.807, 2.05) is 0 Å². The number of guanidine groups is 1. The Labute approximate surface area is 120 Å². The van der Waals surface area contributed by atoms with Crippen molar-refractivity contribution in [1.29, 1.82) is 0 Å². The van der Waals surface area contributed by atoms with E-state index in [9.17, 15) is 0 Å². The second-order valence-corrected chi connectivity index (χ2v) is 6.03. The van der Waals surface area contributed by atoms with E-state index in [1.165, 1.54) is 5.01 Å². The molecule has 0 unspecified atom stereocenters. The fourth-order valence-corrected chi connectivity index (χ4v) is 2.45. The SMILES string of the molecule is CCNC(=NCCc1csc(C(C)C)n1)NC(C)C. The van der Waals surface area contributed by atoms with Gasteiger partial charge in [-0.3, -0.25) is 4.99 Å². The van der Waals surface area contributed by atoms with Gasteiger partial charge in [0.2, 0.25) is 0 Å². The standard InChI is InChI=1S/C14H26N4S/c1-6-15-14(17-11(4)5)16-8-7-12-9-19-13(18-12)10(2)3/h9-11H,6-8H2,1-5H3,(H2,15,16,17). The van der Waals surface area contributed by atoms with E-state index in [4.69, 9.17) is 0 Å². The van der Waals surface area contributed by atoms with Gasteiger partial charge < -0.3 is 10.6 Å². The lowest BCUT2D eigenvalue weighted by atomic mass is 10.2. The minimum atomic E-state index is 0.393. The van der Waals surface area contributed by atoms with Crippen LogP contribution in [0.4, 0.5) is 0 Å². The molecule has 1 rings (SSSR count). The molecule has 0 amide bonds. The second-order valence-electron chi connectivity index (χ2n) is 5.14. The number of nitrogens with zero attached hydrogens (tertiary/aromatic N) is 2. The third-order valence-corrected chi connectivity index (χ3v) is 3.66. The number of rotatable bonds is 6. The Morgan fingerprint density at radius 1 is 1.37 bits per heavy atom. The van der Waals surface area contributed by atoms with Gasteiger partial charge in [0.25, 0.3) is 0 Å². The van der Waals surface area contributed by atoms with Gasteiger partial charge in [-0.2, -0.15) is 0 Å². The van der Waals surface area contributed by atoms with Crippen molar-refractivity contribution in [3.63, 3.8) is 0 Å². The Kier molecular flexibility index (Phi) is 6.84. The number of hydrogen-bond donors (Lipinski definition) is 2. The average Bonchev–Trinajstić information content (AvgIpc) is 2.77. The van der Waals surface area contributed by atoms with Crippen LogP contribution in [0.2, 0.25) is 0 Å². The number of thiazole rings is 1. The molecule has 0 radical (unpaired) electrons. The van der Waals surface area contributed by atoms with Crippen molar-refractivity contribution in [2.75, 3.05) is 13.1 Å². The van der Waals surface area contributed by atoms with Crippen LogP contribution in [0.1, 0.15) is 51.2 Å². The zero-order valence-electron chi connectivity index (χ0n) is 12.7. The van der Waals surface area contributed by atoms with E-state index >= 15 is 0 Å². The predicted molar refractivity (Wildman–Crippen MR) is 84.2 cm³/mol. The average molecular weight is 282 g/mol. The van der Waals surface area contributed by atoms with Gasteiger partial charge in [0.15, 0.2) is 5.96 Å². The second kappa shape index (κ2) is 8.15. The highest BCUT2D eigenvalue weighted by atomic mass is 32.1. The predicted octanol–water partition coefficient (Wildman–Crippen LogP) is 2.77. The van der Waals surface area contributed by atoms with E-state index in [-0.39, 0.29) is 0 Å². The Bertz CT molecular complexity index is 396. The molecule has 0 atom stereocenters. The normalized spacial score (nSPS) is 12.3. The van der Waals surface area contributed by atoms with Gasteiger partial charge in [0.05, 0.1) is 10.7 Å². The minimum absolute atomic E-state index is 0.393. The quantitative estimate of drug-likeness (QED) is 0.623. The molecule has 1 aromatic rings. The molecular formula is C14H26N4S. The Balaban J connectivity index is 2.48. The first-order chi connectivity index (χ1) is 9.02. The Hall–Kier alpha value is -1.10. The fourth-order valence-electron chi connectivity index (χ4n) is 1.58. The Morgan fingerprint density at radius 3 is 2.63 bits per heavy atom. The molecule has 2 N–H and O–H groups in total. The molecule has 0 fully saturated rings. The molecule has 0 aliphatic heterocycles. The smallest absolute Gasteiger partial charge is 0.191 e. The van der Waals surface area contributed by atoms with Gasteiger partial charge in [-0.25, -0.2) is 4.98 Å². The topological polar surface area (TPSA) is 49.3 Å². The molecule has 108 valence electrons. The molecule has 0 saturated heterocycles. The summed E-state index contributed by atoms with van der Waals surface area (Å²) in [5.41, 5.74) is 1.15. The van der Waals surface area contributed by atoms with Crippen LogP contribution in [-0.2, 0) is 6.42 Å². The highest BCUT2D eigenvalue weighted by molar-refractivity contribution is 7.09. The van der Waals surface area contributed by atoms with Crippen LogP contribution in [0.25, 0.3) is 0 Å². The summed E-state index contributed by atoms with van der Waals surface area (Å²) < 4.78 is 0. The van der Waals surface area contributed by atoms with Crippen LogP contribution in [0.15, 0.2) is 10.4 Å². The molecule has 4 nitrogen and oxygen atoms in total. The molecule has 1 heterocycles. The lowest BCUT2D eigenvalue weighted by Gasteiger charge is -2.13. The van der Waals surface area contributed by atoms with Crippen LogP contribution in [0.5, 0.6) is 0 Å². The molecular weight excluding hydrogens is 256 g/mol. The molecule has 0 aromatic carbocycles. The maximum Gasteiger partial charge on any atom is 0.191 e. The highest BCUT2D eigenvalue weighted by Gasteiger charge is 2.05. The highest BCUT2D eigenvalue weighted by Crippen LogP contribution is 2.19. The third-order valence-electron chi connectivity index (χ3n) is 2.47. The van der Waals surface area contributed by atoms with Crippen LogP contribution in [0.3, 0.4) is 0 Å². The third kappa shape index (κ3) is 6.05. The van der Waals surface area contributed by atoms with Gasteiger partial charge in [0.1, 0.15) is 0 Å². The van der Waals surface area contributed by atoms with E-state index in [0.717, 1.165) is 31.2 Å². The van der Waals surface area contributed by atoms with Crippen LogP contribution < -0.4 is 10.6 Å². The van der Waals surface area contributed by atoms with Crippen LogP contribution in [0, 0.1) is 0 Å². The van der Waals surface area contributed by atoms with Crippen molar-refractivity contribution in [2.24, 2.45) is 4.99 Å². The molecule has 0 bridgehead atoms. The zero-order chi connectivity index (χ0) is 14.3. The summed E-state index contributed by atoms with van der Waals surface area (Å²) in [7, 11) is 0. The summed E-state index contributed by atoms with van der Waals surface area (Å²) in [6.07, 6.45) is 0.901. The first kappa shape index (κ1) is 16.0. The van der Waals surface area contributed by atoms with E-state index < -0.39 is 0 Å². The molecule has 0 saturated carbocycles. The number of aliphatic imine (C=N–C) groups is 1. The van der Waals surface area contributed by atoms with Crippen molar-refractivity contribution in [2.45, 2.75) is 53.0 Å². The first-order valence-electron chi connectivity index (χ1n) is 7.02. The molecule has 1 aromatic heterocycles. The van der Waals surface area contributed by atoms with Gasteiger partial charge in [-0.05, 0) is 20.8 Å². The molecule has 5 heteroatoms. The fraction of sp³-hybridized carbons (Fsp3) is 0.714. The first-order valence-corrected chi connectivity index (χ1v) is 7.90. The number of nitrogens with one attached hydrogen (secondary N) is 2. The molecule has 0 aliphatic rings. The summed E-state index contributed by atoms with van der Waals surface area (Å²) in [6, 6.07) is 0.393.